The molecular formula is C20H19N7O2S. The van der Waals surface area contributed by atoms with Crippen molar-refractivity contribution in [2.24, 2.45) is 0 Å². The van der Waals surface area contributed by atoms with Gasteiger partial charge in [-0.15, -0.1) is 0 Å². The van der Waals surface area contributed by atoms with Gasteiger partial charge in [-0.2, -0.15) is 15.0 Å². The van der Waals surface area contributed by atoms with E-state index in [1.165, 1.54) is 11.8 Å². The van der Waals surface area contributed by atoms with Gasteiger partial charge >= 0.3 is 0 Å². The molecule has 0 bridgehead atoms. The standard InChI is InChI=1S/C20H19N7O2S/c1-29-13-8-6-12(7-9-13)10-27-17(28)14-4-2-3-5-15(14)23-20(27)30-11-16-24-18(21)26-19(22)25-16/h2-9H,10-11H2,1H3,(H4,21,22,24,25,26). The molecule has 4 N–H and O–H groups in total. The maximum absolute atomic E-state index is 13.2. The van der Waals surface area contributed by atoms with Crippen molar-refractivity contribution in [3.8, 4) is 5.75 Å². The highest BCUT2D eigenvalue weighted by Crippen LogP contribution is 2.22. The molecule has 4 aromatic rings. The Bertz CT molecular complexity index is 1240. The smallest absolute Gasteiger partial charge is 0.262 e. The molecule has 4 rings (SSSR count). The highest BCUT2D eigenvalue weighted by Gasteiger charge is 2.13. The Balaban J connectivity index is 1.72. The van der Waals surface area contributed by atoms with Crippen LogP contribution in [0.15, 0.2) is 58.5 Å². The Morgan fingerprint density at radius 2 is 1.67 bits per heavy atom. The summed E-state index contributed by atoms with van der Waals surface area (Å²) in [6, 6.07) is 14.8. The molecule has 0 aliphatic carbocycles. The number of hydrogen-bond acceptors (Lipinski definition) is 9. The molecule has 0 aliphatic heterocycles. The predicted octanol–water partition coefficient (Wildman–Crippen LogP) is 2.10. The summed E-state index contributed by atoms with van der Waals surface area (Å²) in [6.45, 7) is 0.366. The van der Waals surface area contributed by atoms with Crippen LogP contribution in [-0.2, 0) is 12.3 Å². The Morgan fingerprint density at radius 3 is 2.37 bits per heavy atom. The van der Waals surface area contributed by atoms with Crippen LogP contribution < -0.4 is 21.8 Å². The summed E-state index contributed by atoms with van der Waals surface area (Å²) in [5.74, 6) is 1.62. The number of nitrogens with two attached hydrogens (primary N) is 2. The number of fused-ring (bicyclic) bond motifs is 1. The molecule has 0 unspecified atom stereocenters. The van der Waals surface area contributed by atoms with E-state index in [1.54, 1.807) is 17.7 Å². The van der Waals surface area contributed by atoms with Gasteiger partial charge in [0.2, 0.25) is 11.9 Å². The monoisotopic (exact) mass is 421 g/mol. The minimum Gasteiger partial charge on any atom is -0.497 e. The van der Waals surface area contributed by atoms with E-state index in [2.05, 4.69) is 15.0 Å². The molecule has 9 nitrogen and oxygen atoms in total. The van der Waals surface area contributed by atoms with Crippen molar-refractivity contribution in [1.29, 1.82) is 0 Å². The molecule has 0 aliphatic rings. The highest BCUT2D eigenvalue weighted by molar-refractivity contribution is 7.98. The maximum Gasteiger partial charge on any atom is 0.262 e. The molecule has 30 heavy (non-hydrogen) atoms. The topological polar surface area (TPSA) is 135 Å². The van der Waals surface area contributed by atoms with E-state index < -0.39 is 0 Å². The van der Waals surface area contributed by atoms with Gasteiger partial charge in [0.05, 0.1) is 30.3 Å². The summed E-state index contributed by atoms with van der Waals surface area (Å²) in [5, 5.41) is 1.11. The van der Waals surface area contributed by atoms with Gasteiger partial charge in [0.15, 0.2) is 5.16 Å². The Morgan fingerprint density at radius 1 is 0.967 bits per heavy atom. The fraction of sp³-hybridized carbons (Fsp3) is 0.150. The first-order valence-corrected chi connectivity index (χ1v) is 10.0. The molecule has 2 aromatic heterocycles. The fourth-order valence-corrected chi connectivity index (χ4v) is 3.81. The lowest BCUT2D eigenvalue weighted by Crippen LogP contribution is -2.24. The van der Waals surface area contributed by atoms with E-state index in [1.807, 2.05) is 42.5 Å². The molecule has 152 valence electrons. The summed E-state index contributed by atoms with van der Waals surface area (Å²) >= 11 is 1.34. The van der Waals surface area contributed by atoms with Gasteiger partial charge < -0.3 is 16.2 Å². The second kappa shape index (κ2) is 8.37. The Hall–Kier alpha value is -3.66. The average Bonchev–Trinajstić information content (AvgIpc) is 2.74. The van der Waals surface area contributed by atoms with Gasteiger partial charge in [0, 0.05) is 0 Å². The second-order valence-electron chi connectivity index (χ2n) is 6.41. The molecule has 0 radical (unpaired) electrons. The van der Waals surface area contributed by atoms with E-state index in [4.69, 9.17) is 21.2 Å². The first-order chi connectivity index (χ1) is 14.5. The Labute approximate surface area is 176 Å². The first kappa shape index (κ1) is 19.6. The third kappa shape index (κ3) is 4.18. The van der Waals surface area contributed by atoms with Crippen molar-refractivity contribution in [3.05, 3.63) is 70.3 Å². The number of nitrogen functional groups attached to an aromatic ring is 2. The predicted molar refractivity (Wildman–Crippen MR) is 116 cm³/mol. The van der Waals surface area contributed by atoms with E-state index >= 15 is 0 Å². The van der Waals surface area contributed by atoms with Gasteiger partial charge in [-0.3, -0.25) is 9.36 Å². The molecule has 0 amide bonds. The molecule has 2 heterocycles. The number of benzene rings is 2. The van der Waals surface area contributed by atoms with Crippen LogP contribution in [0.2, 0.25) is 0 Å². The molecule has 0 spiro atoms. The zero-order chi connectivity index (χ0) is 21.1. The SMILES string of the molecule is COc1ccc(Cn2c(SCc3nc(N)nc(N)n3)nc3ccccc3c2=O)cc1. The summed E-state index contributed by atoms with van der Waals surface area (Å²) in [5.41, 5.74) is 12.8. The van der Waals surface area contributed by atoms with Crippen LogP contribution in [0.3, 0.4) is 0 Å². The lowest BCUT2D eigenvalue weighted by atomic mass is 10.2. The summed E-state index contributed by atoms with van der Waals surface area (Å²) in [7, 11) is 1.61. The highest BCUT2D eigenvalue weighted by atomic mass is 32.2. The van der Waals surface area contributed by atoms with Crippen molar-refractivity contribution in [1.82, 2.24) is 24.5 Å². The number of nitrogens with zero attached hydrogens (tertiary/aromatic N) is 5. The van der Waals surface area contributed by atoms with Gasteiger partial charge in [-0.05, 0) is 29.8 Å². The average molecular weight is 421 g/mol. The second-order valence-corrected chi connectivity index (χ2v) is 7.35. The van der Waals surface area contributed by atoms with E-state index in [9.17, 15) is 4.79 Å². The third-order valence-electron chi connectivity index (χ3n) is 4.37. The van der Waals surface area contributed by atoms with E-state index in [0.29, 0.717) is 34.2 Å². The molecule has 0 atom stereocenters. The van der Waals surface area contributed by atoms with Gasteiger partial charge in [0.25, 0.3) is 5.56 Å². The summed E-state index contributed by atoms with van der Waals surface area (Å²) in [4.78, 5) is 29.9. The van der Waals surface area contributed by atoms with Crippen molar-refractivity contribution < 1.29 is 4.74 Å². The molecule has 0 fully saturated rings. The number of anilines is 2. The fourth-order valence-electron chi connectivity index (χ4n) is 2.96. The zero-order valence-electron chi connectivity index (χ0n) is 16.1. The molecule has 0 saturated carbocycles. The van der Waals surface area contributed by atoms with Crippen molar-refractivity contribution in [2.45, 2.75) is 17.5 Å². The number of rotatable bonds is 6. The molecule has 0 saturated heterocycles. The summed E-state index contributed by atoms with van der Waals surface area (Å²) in [6.07, 6.45) is 0. The third-order valence-corrected chi connectivity index (χ3v) is 5.35. The van der Waals surface area contributed by atoms with Gasteiger partial charge in [0.1, 0.15) is 11.6 Å². The number of thioether (sulfide) groups is 1. The van der Waals surface area contributed by atoms with Crippen LogP contribution in [-0.4, -0.2) is 31.6 Å². The lowest BCUT2D eigenvalue weighted by Gasteiger charge is -2.13. The molecule has 2 aromatic carbocycles. The lowest BCUT2D eigenvalue weighted by molar-refractivity contribution is 0.414. The number of hydrogen-bond donors (Lipinski definition) is 2. The van der Waals surface area contributed by atoms with Crippen LogP contribution in [0.25, 0.3) is 10.9 Å². The van der Waals surface area contributed by atoms with Gasteiger partial charge in [-0.25, -0.2) is 4.98 Å². The van der Waals surface area contributed by atoms with E-state index in [0.717, 1.165) is 11.3 Å². The van der Waals surface area contributed by atoms with Crippen LogP contribution in [0.1, 0.15) is 11.4 Å². The van der Waals surface area contributed by atoms with Crippen LogP contribution in [0.5, 0.6) is 5.75 Å². The number of ether oxygens (including phenoxy) is 1. The van der Waals surface area contributed by atoms with Crippen LogP contribution in [0, 0.1) is 0 Å². The minimum absolute atomic E-state index is 0.0557. The largest absolute Gasteiger partial charge is 0.497 e. The number of para-hydroxylation sites is 1. The quantitative estimate of drug-likeness (QED) is 0.354. The van der Waals surface area contributed by atoms with Crippen molar-refractivity contribution in [2.75, 3.05) is 18.6 Å². The number of methoxy groups -OCH3 is 1. The molecular weight excluding hydrogens is 402 g/mol. The van der Waals surface area contributed by atoms with Crippen molar-refractivity contribution in [3.63, 3.8) is 0 Å². The number of aromatic nitrogens is 5. The normalized spacial score (nSPS) is 11.0. The summed E-state index contributed by atoms with van der Waals surface area (Å²) < 4.78 is 6.85. The maximum atomic E-state index is 13.2. The van der Waals surface area contributed by atoms with Crippen molar-refractivity contribution >= 4 is 34.6 Å². The van der Waals surface area contributed by atoms with Crippen LogP contribution in [0.4, 0.5) is 11.9 Å². The molecule has 10 heteroatoms. The zero-order valence-corrected chi connectivity index (χ0v) is 17.0. The van der Waals surface area contributed by atoms with Gasteiger partial charge in [-0.1, -0.05) is 36.0 Å². The Kier molecular flexibility index (Phi) is 5.48. The minimum atomic E-state index is -0.117. The first-order valence-electron chi connectivity index (χ1n) is 9.04. The van der Waals surface area contributed by atoms with Crippen LogP contribution >= 0.6 is 11.8 Å². The van der Waals surface area contributed by atoms with E-state index in [-0.39, 0.29) is 17.5 Å².